The third-order valence-corrected chi connectivity index (χ3v) is 7.90. The van der Waals surface area contributed by atoms with Crippen LogP contribution in [0.4, 0.5) is 0 Å². The molecule has 1 aliphatic carbocycles. The number of carbonyl (C=O) groups is 2. The van der Waals surface area contributed by atoms with Crippen LogP contribution in [0.2, 0.25) is 0 Å². The number of hydrogen-bond acceptors (Lipinski definition) is 3. The lowest BCUT2D eigenvalue weighted by Gasteiger charge is -2.49. The Kier molecular flexibility index (Phi) is 5.21. The van der Waals surface area contributed by atoms with Crippen molar-refractivity contribution in [3.8, 4) is 0 Å². The molecule has 3 atom stereocenters. The van der Waals surface area contributed by atoms with E-state index >= 15 is 0 Å². The quantitative estimate of drug-likeness (QED) is 0.638. The zero-order chi connectivity index (χ0) is 23.3. The number of rotatable bonds is 4. The monoisotopic (exact) mass is 457 g/mol. The van der Waals surface area contributed by atoms with Crippen molar-refractivity contribution in [1.29, 1.82) is 0 Å². The van der Waals surface area contributed by atoms with Crippen LogP contribution in [0.3, 0.4) is 0 Å². The van der Waals surface area contributed by atoms with Gasteiger partial charge in [-0.05, 0) is 62.3 Å². The molecule has 1 fully saturated rings. The molecule has 34 heavy (non-hydrogen) atoms. The molecule has 0 spiro atoms. The standard InChI is InChI=1S/C28H31N3O3/c1-28(27(33)29-17-21-11-7-15-34-21)18-30-23-13-5-3-9-20(23)16-25(30)26(32)31(28)24-14-6-10-19-8-2-4-12-22(19)24/h2-5,8-9,12-13,16,21,24H,6-7,10-11,14-15,17-18H2,1H3,(H,29,33)/t21-,24+,28+/m0/s1. The summed E-state index contributed by atoms with van der Waals surface area (Å²) in [4.78, 5) is 30.0. The second-order valence-corrected chi connectivity index (χ2v) is 10.1. The van der Waals surface area contributed by atoms with Crippen molar-refractivity contribution < 1.29 is 14.3 Å². The number of amides is 2. The molecular weight excluding hydrogens is 426 g/mol. The second kappa shape index (κ2) is 8.27. The number of para-hydroxylation sites is 1. The highest BCUT2D eigenvalue weighted by Gasteiger charge is 2.51. The molecule has 1 aromatic heterocycles. The molecule has 0 unspecified atom stereocenters. The van der Waals surface area contributed by atoms with Gasteiger partial charge in [0.1, 0.15) is 11.2 Å². The summed E-state index contributed by atoms with van der Waals surface area (Å²) in [6.45, 7) is 3.60. The fourth-order valence-corrected chi connectivity index (χ4v) is 6.15. The van der Waals surface area contributed by atoms with Gasteiger partial charge in [-0.25, -0.2) is 0 Å². The lowest BCUT2D eigenvalue weighted by Crippen LogP contribution is -2.65. The molecule has 0 saturated carbocycles. The third-order valence-electron chi connectivity index (χ3n) is 7.90. The molecule has 6 heteroatoms. The average molecular weight is 458 g/mol. The number of nitrogens with one attached hydrogen (secondary N) is 1. The van der Waals surface area contributed by atoms with Crippen LogP contribution < -0.4 is 5.32 Å². The summed E-state index contributed by atoms with van der Waals surface area (Å²) < 4.78 is 7.77. The Labute approximate surface area is 199 Å². The van der Waals surface area contributed by atoms with E-state index in [1.807, 2.05) is 52.8 Å². The lowest BCUT2D eigenvalue weighted by atomic mass is 9.82. The van der Waals surface area contributed by atoms with Gasteiger partial charge in [0.25, 0.3) is 5.91 Å². The van der Waals surface area contributed by atoms with E-state index in [2.05, 4.69) is 23.5 Å². The molecular formula is C28H31N3O3. The van der Waals surface area contributed by atoms with Gasteiger partial charge in [-0.1, -0.05) is 42.5 Å². The van der Waals surface area contributed by atoms with Crippen LogP contribution in [0.25, 0.3) is 10.9 Å². The molecule has 1 N–H and O–H groups in total. The van der Waals surface area contributed by atoms with Crippen LogP contribution in [0, 0.1) is 0 Å². The lowest BCUT2D eigenvalue weighted by molar-refractivity contribution is -0.135. The molecule has 6 rings (SSSR count). The molecule has 3 aromatic rings. The number of fused-ring (bicyclic) bond motifs is 4. The Balaban J connectivity index is 1.44. The molecule has 0 bridgehead atoms. The number of nitrogens with zero attached hydrogens (tertiary/aromatic N) is 2. The molecule has 2 aliphatic heterocycles. The minimum atomic E-state index is -1.01. The normalized spacial score (nSPS) is 26.4. The fourth-order valence-electron chi connectivity index (χ4n) is 6.15. The number of aromatic nitrogens is 1. The predicted molar refractivity (Wildman–Crippen MR) is 131 cm³/mol. The van der Waals surface area contributed by atoms with Gasteiger partial charge in [0.2, 0.25) is 5.91 Å². The minimum Gasteiger partial charge on any atom is -0.376 e. The average Bonchev–Trinajstić information content (AvgIpc) is 3.51. The van der Waals surface area contributed by atoms with Gasteiger partial charge in [0.05, 0.1) is 18.7 Å². The highest BCUT2D eigenvalue weighted by Crippen LogP contribution is 2.43. The van der Waals surface area contributed by atoms with Gasteiger partial charge >= 0.3 is 0 Å². The van der Waals surface area contributed by atoms with Crippen molar-refractivity contribution in [2.75, 3.05) is 13.2 Å². The summed E-state index contributed by atoms with van der Waals surface area (Å²) in [7, 11) is 0. The number of ether oxygens (including phenoxy) is 1. The van der Waals surface area contributed by atoms with E-state index in [0.29, 0.717) is 18.8 Å². The molecule has 2 aromatic carbocycles. The van der Waals surface area contributed by atoms with Crippen molar-refractivity contribution in [2.45, 2.75) is 63.3 Å². The SMILES string of the molecule is C[C@]1(C(=O)NC[C@@H]2CCCO2)Cn2c(cc3ccccc32)C(=O)N1[C@@H]1CCCc2ccccc21. The van der Waals surface area contributed by atoms with Gasteiger partial charge in [0, 0.05) is 24.1 Å². The number of hydrogen-bond donors (Lipinski definition) is 1. The molecule has 6 nitrogen and oxygen atoms in total. The Morgan fingerprint density at radius 3 is 2.79 bits per heavy atom. The van der Waals surface area contributed by atoms with Crippen LogP contribution in [0.5, 0.6) is 0 Å². The molecule has 3 heterocycles. The smallest absolute Gasteiger partial charge is 0.271 e. The van der Waals surface area contributed by atoms with E-state index in [1.165, 1.54) is 11.1 Å². The maximum absolute atomic E-state index is 14.2. The van der Waals surface area contributed by atoms with Crippen LogP contribution in [0.15, 0.2) is 54.6 Å². The Morgan fingerprint density at radius 2 is 1.94 bits per heavy atom. The van der Waals surface area contributed by atoms with Crippen molar-refractivity contribution in [1.82, 2.24) is 14.8 Å². The van der Waals surface area contributed by atoms with E-state index in [0.717, 1.165) is 49.6 Å². The predicted octanol–water partition coefficient (Wildman–Crippen LogP) is 4.23. The van der Waals surface area contributed by atoms with Crippen LogP contribution >= 0.6 is 0 Å². The maximum atomic E-state index is 14.2. The molecule has 0 radical (unpaired) electrons. The summed E-state index contributed by atoms with van der Waals surface area (Å²) in [5, 5.41) is 4.18. The number of aryl methyl sites for hydroxylation is 1. The molecule has 1 saturated heterocycles. The summed E-state index contributed by atoms with van der Waals surface area (Å²) in [6.07, 6.45) is 4.91. The number of benzene rings is 2. The summed E-state index contributed by atoms with van der Waals surface area (Å²) in [5.41, 5.74) is 3.09. The van der Waals surface area contributed by atoms with E-state index in [-0.39, 0.29) is 24.0 Å². The summed E-state index contributed by atoms with van der Waals surface area (Å²) >= 11 is 0. The first-order valence-electron chi connectivity index (χ1n) is 12.5. The van der Waals surface area contributed by atoms with Gasteiger partial charge in [-0.15, -0.1) is 0 Å². The first-order chi connectivity index (χ1) is 16.6. The Hall–Kier alpha value is -3.12. The topological polar surface area (TPSA) is 63.6 Å². The largest absolute Gasteiger partial charge is 0.376 e. The van der Waals surface area contributed by atoms with Crippen molar-refractivity contribution in [2.24, 2.45) is 0 Å². The van der Waals surface area contributed by atoms with Crippen molar-refractivity contribution in [3.05, 3.63) is 71.4 Å². The van der Waals surface area contributed by atoms with E-state index in [1.54, 1.807) is 0 Å². The third kappa shape index (κ3) is 3.35. The second-order valence-electron chi connectivity index (χ2n) is 10.1. The highest BCUT2D eigenvalue weighted by atomic mass is 16.5. The van der Waals surface area contributed by atoms with Crippen LogP contribution in [-0.2, 0) is 22.5 Å². The maximum Gasteiger partial charge on any atom is 0.271 e. The van der Waals surface area contributed by atoms with Gasteiger partial charge in [0.15, 0.2) is 0 Å². The molecule has 3 aliphatic rings. The van der Waals surface area contributed by atoms with Crippen molar-refractivity contribution in [3.63, 3.8) is 0 Å². The van der Waals surface area contributed by atoms with Crippen molar-refractivity contribution >= 4 is 22.7 Å². The van der Waals surface area contributed by atoms with E-state index in [9.17, 15) is 9.59 Å². The molecule has 176 valence electrons. The zero-order valence-electron chi connectivity index (χ0n) is 19.6. The first-order valence-corrected chi connectivity index (χ1v) is 12.5. The van der Waals surface area contributed by atoms with E-state index in [4.69, 9.17) is 4.74 Å². The van der Waals surface area contributed by atoms with Gasteiger partial charge in [-0.3, -0.25) is 9.59 Å². The minimum absolute atomic E-state index is 0.0543. The number of carbonyl (C=O) groups excluding carboxylic acids is 2. The summed E-state index contributed by atoms with van der Waals surface area (Å²) in [5.74, 6) is -0.179. The van der Waals surface area contributed by atoms with Crippen LogP contribution in [-0.4, -0.2) is 46.1 Å². The Morgan fingerprint density at radius 1 is 1.12 bits per heavy atom. The summed E-state index contributed by atoms with van der Waals surface area (Å²) in [6, 6.07) is 18.3. The first kappa shape index (κ1) is 21.4. The fraction of sp³-hybridized carbons (Fsp3) is 0.429. The van der Waals surface area contributed by atoms with Crippen LogP contribution in [0.1, 0.15) is 60.3 Å². The Bertz CT molecular complexity index is 1260. The van der Waals surface area contributed by atoms with Gasteiger partial charge in [-0.2, -0.15) is 0 Å². The highest BCUT2D eigenvalue weighted by molar-refractivity contribution is 6.04. The zero-order valence-corrected chi connectivity index (χ0v) is 19.6. The van der Waals surface area contributed by atoms with E-state index < -0.39 is 5.54 Å². The molecule has 2 amide bonds. The van der Waals surface area contributed by atoms with Gasteiger partial charge < -0.3 is 19.5 Å².